The molecule has 0 saturated carbocycles. The van der Waals surface area contributed by atoms with Crippen LogP contribution in [0, 0.1) is 18.5 Å². The van der Waals surface area contributed by atoms with Crippen molar-refractivity contribution in [3.8, 4) is 62.2 Å². The summed E-state index contributed by atoms with van der Waals surface area (Å²) in [6, 6.07) is 57.1. The summed E-state index contributed by atoms with van der Waals surface area (Å²) in [7, 11) is 0. The first-order chi connectivity index (χ1) is 24.3. The SMILES string of the molecule is [Pt].[c-]1c2cccc1-n1[c-][n+](cc1)-c1c(-c3ccccc3)cccc1-c1ccccc1-c1cccc(n1)-n1c3[c-]c(ccc3c3ccccc31)O2. The van der Waals surface area contributed by atoms with E-state index < -0.39 is 0 Å². The van der Waals surface area contributed by atoms with Gasteiger partial charge in [0.1, 0.15) is 5.82 Å². The third-order valence-corrected chi connectivity index (χ3v) is 9.19. The number of hydrogen-bond donors (Lipinski definition) is 0. The number of ether oxygens (including phenoxy) is 1. The Morgan fingerprint density at radius 2 is 1.32 bits per heavy atom. The summed E-state index contributed by atoms with van der Waals surface area (Å²) in [6.07, 6.45) is 7.63. The molecule has 0 saturated heterocycles. The van der Waals surface area contributed by atoms with Gasteiger partial charge in [0.15, 0.2) is 0 Å². The summed E-state index contributed by atoms with van der Waals surface area (Å²) in [5.41, 5.74) is 10.1. The van der Waals surface area contributed by atoms with Crippen molar-refractivity contribution in [3.63, 3.8) is 0 Å². The molecule has 0 fully saturated rings. The standard InChI is InChI=1S/C44H26N4O.Pt/c1-2-11-30(12-3-1)34-18-9-19-39-35-15-4-5-16-36(35)40-20-10-22-43(45-40)48-41-21-7-6-17-37(41)38-24-23-33(28-42(38)48)49-32-14-8-13-31(27-32)46-25-26-47(29-46)44(34)39;/h1-26H;/q-2;. The number of nitrogens with zero attached hydrogens (tertiary/aromatic N) is 4. The maximum atomic E-state index is 6.43. The molecular formula is C44H26N4OPt-2. The average Bonchev–Trinajstić information content (AvgIpc) is 3.78. The van der Waals surface area contributed by atoms with Crippen LogP contribution < -0.4 is 9.30 Å². The summed E-state index contributed by atoms with van der Waals surface area (Å²) >= 11 is 0. The molecule has 50 heavy (non-hydrogen) atoms. The van der Waals surface area contributed by atoms with Crippen LogP contribution in [0.15, 0.2) is 158 Å². The molecule has 10 rings (SSSR count). The van der Waals surface area contributed by atoms with Crippen molar-refractivity contribution < 1.29 is 30.4 Å². The Morgan fingerprint density at radius 1 is 0.580 bits per heavy atom. The van der Waals surface area contributed by atoms with E-state index in [9.17, 15) is 0 Å². The van der Waals surface area contributed by atoms with Gasteiger partial charge in [-0.1, -0.05) is 103 Å². The third kappa shape index (κ3) is 4.89. The Labute approximate surface area is 303 Å². The zero-order valence-corrected chi connectivity index (χ0v) is 28.8. The van der Waals surface area contributed by atoms with Gasteiger partial charge in [0.05, 0.1) is 11.4 Å². The van der Waals surface area contributed by atoms with Crippen LogP contribution in [0.1, 0.15) is 0 Å². The smallest absolute Gasteiger partial charge is 0.267 e. The minimum Gasteiger partial charge on any atom is -0.510 e. The molecule has 240 valence electrons. The Kier molecular flexibility index (Phi) is 7.30. The van der Waals surface area contributed by atoms with Crippen LogP contribution in [0.2, 0.25) is 0 Å². The largest absolute Gasteiger partial charge is 0.510 e. The number of hydrogen-bond acceptors (Lipinski definition) is 2. The van der Waals surface area contributed by atoms with Crippen LogP contribution in [-0.2, 0) is 21.1 Å². The van der Waals surface area contributed by atoms with E-state index in [0.717, 1.165) is 72.5 Å². The maximum absolute atomic E-state index is 6.43. The molecule has 6 heteroatoms. The van der Waals surface area contributed by atoms with Crippen LogP contribution in [-0.4, -0.2) is 14.1 Å². The molecule has 0 unspecified atom stereocenters. The zero-order chi connectivity index (χ0) is 32.3. The Morgan fingerprint density at radius 3 is 2.24 bits per heavy atom. The molecule has 8 bridgehead atoms. The van der Waals surface area contributed by atoms with Crippen molar-refractivity contribution in [1.29, 1.82) is 0 Å². The molecule has 5 nitrogen and oxygen atoms in total. The van der Waals surface area contributed by atoms with Gasteiger partial charge in [-0.3, -0.25) is 4.57 Å². The average molecular weight is 822 g/mol. The van der Waals surface area contributed by atoms with Crippen LogP contribution in [0.4, 0.5) is 0 Å². The maximum Gasteiger partial charge on any atom is 0.267 e. The summed E-state index contributed by atoms with van der Waals surface area (Å²) in [5.74, 6) is 1.99. The molecule has 0 aliphatic carbocycles. The number of imidazole rings is 1. The van der Waals surface area contributed by atoms with Crippen molar-refractivity contribution in [3.05, 3.63) is 176 Å². The molecule has 0 radical (unpaired) electrons. The minimum absolute atomic E-state index is 0. The monoisotopic (exact) mass is 821 g/mol. The second kappa shape index (κ2) is 12.1. The number of para-hydroxylation sites is 2. The molecule has 3 aromatic heterocycles. The molecule has 1 aliphatic rings. The predicted octanol–water partition coefficient (Wildman–Crippen LogP) is 9.75. The van der Waals surface area contributed by atoms with Crippen LogP contribution in [0.25, 0.3) is 72.5 Å². The number of pyridine rings is 1. The van der Waals surface area contributed by atoms with Crippen molar-refractivity contribution >= 4 is 21.8 Å². The molecular weight excluding hydrogens is 796 g/mol. The first-order valence-electron chi connectivity index (χ1n) is 16.2. The van der Waals surface area contributed by atoms with E-state index in [1.54, 1.807) is 0 Å². The molecule has 0 N–H and O–H groups in total. The quantitative estimate of drug-likeness (QED) is 0.122. The summed E-state index contributed by atoms with van der Waals surface area (Å²) in [4.78, 5) is 5.34. The van der Waals surface area contributed by atoms with Gasteiger partial charge in [0.25, 0.3) is 6.33 Å². The van der Waals surface area contributed by atoms with Gasteiger partial charge in [-0.15, -0.1) is 29.7 Å². The van der Waals surface area contributed by atoms with Crippen molar-refractivity contribution in [2.45, 2.75) is 0 Å². The Hall–Kier alpha value is -6.03. The zero-order valence-electron chi connectivity index (χ0n) is 26.5. The van der Waals surface area contributed by atoms with E-state index >= 15 is 0 Å². The van der Waals surface area contributed by atoms with E-state index in [2.05, 4.69) is 143 Å². The molecule has 0 atom stereocenters. The Bertz CT molecular complexity index is 2710. The fourth-order valence-corrected chi connectivity index (χ4v) is 7.01. The van der Waals surface area contributed by atoms with Gasteiger partial charge in [0, 0.05) is 56.0 Å². The van der Waals surface area contributed by atoms with Gasteiger partial charge in [-0.2, -0.15) is 18.2 Å². The van der Waals surface area contributed by atoms with E-state index in [1.165, 1.54) is 0 Å². The number of fused-ring (bicyclic) bond motifs is 17. The predicted molar refractivity (Wildman–Crippen MR) is 192 cm³/mol. The van der Waals surface area contributed by atoms with Crippen molar-refractivity contribution in [2.75, 3.05) is 0 Å². The first-order valence-corrected chi connectivity index (χ1v) is 16.2. The first kappa shape index (κ1) is 30.1. The van der Waals surface area contributed by atoms with Crippen LogP contribution in [0.3, 0.4) is 0 Å². The van der Waals surface area contributed by atoms with E-state index in [4.69, 9.17) is 9.72 Å². The Balaban J connectivity index is 0.00000336. The third-order valence-electron chi connectivity index (χ3n) is 9.19. The summed E-state index contributed by atoms with van der Waals surface area (Å²) in [6.45, 7) is 0. The molecule has 1 aliphatic heterocycles. The van der Waals surface area contributed by atoms with Crippen LogP contribution >= 0.6 is 0 Å². The molecule has 4 heterocycles. The van der Waals surface area contributed by atoms with Crippen LogP contribution in [0.5, 0.6) is 11.5 Å². The fraction of sp³-hybridized carbons (Fsp3) is 0. The second-order valence-electron chi connectivity index (χ2n) is 12.1. The summed E-state index contributed by atoms with van der Waals surface area (Å²) in [5, 5.41) is 2.21. The normalized spacial score (nSPS) is 11.6. The molecule has 0 spiro atoms. The number of aromatic nitrogens is 4. The van der Waals surface area contributed by atoms with E-state index in [0.29, 0.717) is 11.5 Å². The molecule has 9 aromatic rings. The second-order valence-corrected chi connectivity index (χ2v) is 12.1. The fourth-order valence-electron chi connectivity index (χ4n) is 7.01. The van der Waals surface area contributed by atoms with E-state index in [-0.39, 0.29) is 21.1 Å². The molecule has 0 amide bonds. The van der Waals surface area contributed by atoms with Crippen molar-refractivity contribution in [2.24, 2.45) is 0 Å². The van der Waals surface area contributed by atoms with Gasteiger partial charge in [0.2, 0.25) is 0 Å². The van der Waals surface area contributed by atoms with E-state index in [1.807, 2.05) is 47.3 Å². The number of rotatable bonds is 1. The topological polar surface area (TPSA) is 35.9 Å². The van der Waals surface area contributed by atoms with Crippen molar-refractivity contribution in [1.82, 2.24) is 14.1 Å². The minimum atomic E-state index is 0. The molecule has 6 aromatic carbocycles. The van der Waals surface area contributed by atoms with Gasteiger partial charge < -0.3 is 13.9 Å². The van der Waals surface area contributed by atoms with Gasteiger partial charge in [-0.25, -0.2) is 4.98 Å². The van der Waals surface area contributed by atoms with Gasteiger partial charge >= 0.3 is 0 Å². The summed E-state index contributed by atoms with van der Waals surface area (Å²) < 4.78 is 12.6. The number of benzene rings is 6. The van der Waals surface area contributed by atoms with Gasteiger partial charge in [-0.05, 0) is 51.5 Å².